The lowest BCUT2D eigenvalue weighted by Crippen LogP contribution is -2.35. The van der Waals surface area contributed by atoms with Gasteiger partial charge in [-0.2, -0.15) is 0 Å². The Morgan fingerprint density at radius 3 is 2.67 bits per heavy atom. The van der Waals surface area contributed by atoms with E-state index in [1.165, 1.54) is 38.9 Å². The fourth-order valence-electron chi connectivity index (χ4n) is 2.15. The molecule has 3 nitrogen and oxygen atoms in total. The Morgan fingerprint density at radius 2 is 2.07 bits per heavy atom. The van der Waals surface area contributed by atoms with Gasteiger partial charge in [0, 0.05) is 13.2 Å². The first kappa shape index (κ1) is 12.9. The summed E-state index contributed by atoms with van der Waals surface area (Å²) in [4.78, 5) is 2.41. The van der Waals surface area contributed by atoms with Gasteiger partial charge in [-0.25, -0.2) is 0 Å². The van der Waals surface area contributed by atoms with Crippen LogP contribution in [0.2, 0.25) is 0 Å². The van der Waals surface area contributed by atoms with Crippen molar-refractivity contribution in [3.05, 3.63) is 0 Å². The van der Waals surface area contributed by atoms with Crippen LogP contribution in [0.3, 0.4) is 0 Å². The van der Waals surface area contributed by atoms with Crippen molar-refractivity contribution >= 4 is 0 Å². The zero-order valence-corrected chi connectivity index (χ0v) is 10.5. The van der Waals surface area contributed by atoms with Gasteiger partial charge in [-0.1, -0.05) is 0 Å². The van der Waals surface area contributed by atoms with E-state index in [1.54, 1.807) is 7.11 Å². The van der Waals surface area contributed by atoms with Crippen molar-refractivity contribution in [2.75, 3.05) is 40.4 Å². The first-order chi connectivity index (χ1) is 7.24. The molecule has 0 aromatic carbocycles. The fourth-order valence-corrected chi connectivity index (χ4v) is 2.15. The summed E-state index contributed by atoms with van der Waals surface area (Å²) < 4.78 is 5.16. The van der Waals surface area contributed by atoms with Crippen LogP contribution in [0.15, 0.2) is 0 Å². The van der Waals surface area contributed by atoms with E-state index in [9.17, 15) is 0 Å². The zero-order chi connectivity index (χ0) is 11.1. The molecule has 1 unspecified atom stereocenters. The second kappa shape index (κ2) is 7.20. The van der Waals surface area contributed by atoms with Gasteiger partial charge in [-0.05, 0) is 58.8 Å². The second-order valence-corrected chi connectivity index (χ2v) is 4.77. The van der Waals surface area contributed by atoms with Crippen LogP contribution in [-0.4, -0.2) is 51.3 Å². The van der Waals surface area contributed by atoms with Crippen LogP contribution in [0.25, 0.3) is 0 Å². The molecule has 0 aromatic heterocycles. The van der Waals surface area contributed by atoms with E-state index in [0.717, 1.165) is 12.5 Å². The third-order valence-electron chi connectivity index (χ3n) is 3.51. The molecular weight excluding hydrogens is 188 g/mol. The Kier molecular flexibility index (Phi) is 6.22. The summed E-state index contributed by atoms with van der Waals surface area (Å²) in [5, 5.41) is 3.41. The number of hydrogen-bond acceptors (Lipinski definition) is 3. The van der Waals surface area contributed by atoms with Crippen molar-refractivity contribution < 1.29 is 4.74 Å². The third kappa shape index (κ3) is 4.96. The minimum Gasteiger partial charge on any atom is -0.383 e. The Morgan fingerprint density at radius 1 is 1.40 bits per heavy atom. The van der Waals surface area contributed by atoms with E-state index in [0.29, 0.717) is 6.04 Å². The maximum Gasteiger partial charge on any atom is 0.0615 e. The van der Waals surface area contributed by atoms with E-state index < -0.39 is 0 Å². The Labute approximate surface area is 94.2 Å². The largest absolute Gasteiger partial charge is 0.383 e. The van der Waals surface area contributed by atoms with Crippen molar-refractivity contribution in [2.24, 2.45) is 5.92 Å². The van der Waals surface area contributed by atoms with Crippen molar-refractivity contribution in [2.45, 2.75) is 32.2 Å². The molecule has 1 aliphatic heterocycles. The first-order valence-electron chi connectivity index (χ1n) is 6.14. The van der Waals surface area contributed by atoms with Crippen LogP contribution < -0.4 is 5.32 Å². The molecule has 0 aliphatic carbocycles. The average molecular weight is 214 g/mol. The molecule has 1 rings (SSSR count). The molecule has 15 heavy (non-hydrogen) atoms. The SMILES string of the molecule is COCC(C)N(C)CCC1CCNCC1. The molecule has 0 bridgehead atoms. The molecule has 0 amide bonds. The van der Waals surface area contributed by atoms with E-state index >= 15 is 0 Å². The highest BCUT2D eigenvalue weighted by Gasteiger charge is 2.15. The Bertz CT molecular complexity index is 158. The van der Waals surface area contributed by atoms with Gasteiger partial charge in [0.15, 0.2) is 0 Å². The van der Waals surface area contributed by atoms with Gasteiger partial charge in [-0.3, -0.25) is 0 Å². The summed E-state index contributed by atoms with van der Waals surface area (Å²) in [5.41, 5.74) is 0. The molecule has 0 radical (unpaired) electrons. The second-order valence-electron chi connectivity index (χ2n) is 4.77. The van der Waals surface area contributed by atoms with Crippen molar-refractivity contribution in [1.29, 1.82) is 0 Å². The van der Waals surface area contributed by atoms with E-state index in [-0.39, 0.29) is 0 Å². The van der Waals surface area contributed by atoms with Gasteiger partial charge >= 0.3 is 0 Å². The van der Waals surface area contributed by atoms with Crippen LogP contribution in [0.4, 0.5) is 0 Å². The highest BCUT2D eigenvalue weighted by atomic mass is 16.5. The number of nitrogens with zero attached hydrogens (tertiary/aromatic N) is 1. The molecule has 1 fully saturated rings. The smallest absolute Gasteiger partial charge is 0.0615 e. The monoisotopic (exact) mass is 214 g/mol. The van der Waals surface area contributed by atoms with Crippen LogP contribution in [0.5, 0.6) is 0 Å². The van der Waals surface area contributed by atoms with Crippen LogP contribution >= 0.6 is 0 Å². The van der Waals surface area contributed by atoms with Crippen LogP contribution in [0.1, 0.15) is 26.2 Å². The number of likely N-dealkylation sites (N-methyl/N-ethyl adjacent to an activating group) is 1. The van der Waals surface area contributed by atoms with E-state index in [2.05, 4.69) is 24.2 Å². The molecule has 1 N–H and O–H groups in total. The molecule has 1 saturated heterocycles. The quantitative estimate of drug-likeness (QED) is 0.722. The maximum absolute atomic E-state index is 5.16. The standard InChI is InChI=1S/C12H26N2O/c1-11(10-15-3)14(2)9-6-12-4-7-13-8-5-12/h11-13H,4-10H2,1-3H3. The normalized spacial score (nSPS) is 20.8. The Hall–Kier alpha value is -0.120. The Balaban J connectivity index is 2.11. The van der Waals surface area contributed by atoms with Gasteiger partial charge in [0.05, 0.1) is 6.61 Å². The molecule has 1 heterocycles. The van der Waals surface area contributed by atoms with E-state index in [1.807, 2.05) is 0 Å². The van der Waals surface area contributed by atoms with Crippen molar-refractivity contribution in [3.8, 4) is 0 Å². The summed E-state index contributed by atoms with van der Waals surface area (Å²) in [6.07, 6.45) is 4.05. The predicted molar refractivity (Wildman–Crippen MR) is 64.2 cm³/mol. The third-order valence-corrected chi connectivity index (χ3v) is 3.51. The maximum atomic E-state index is 5.16. The molecule has 0 saturated carbocycles. The number of rotatable bonds is 6. The number of nitrogens with one attached hydrogen (secondary N) is 1. The van der Waals surface area contributed by atoms with Crippen molar-refractivity contribution in [3.63, 3.8) is 0 Å². The highest BCUT2D eigenvalue weighted by Crippen LogP contribution is 2.16. The van der Waals surface area contributed by atoms with Crippen LogP contribution in [0, 0.1) is 5.92 Å². The average Bonchev–Trinajstić information content (AvgIpc) is 2.27. The number of ether oxygens (including phenoxy) is 1. The van der Waals surface area contributed by atoms with Gasteiger partial charge in [-0.15, -0.1) is 0 Å². The molecule has 3 heteroatoms. The van der Waals surface area contributed by atoms with Gasteiger partial charge in [0.1, 0.15) is 0 Å². The minimum absolute atomic E-state index is 0.539. The zero-order valence-electron chi connectivity index (χ0n) is 10.5. The molecular formula is C12H26N2O. The topological polar surface area (TPSA) is 24.5 Å². The summed E-state index contributed by atoms with van der Waals surface area (Å²) in [6.45, 7) is 6.69. The molecule has 0 spiro atoms. The summed E-state index contributed by atoms with van der Waals surface area (Å²) in [7, 11) is 3.97. The fraction of sp³-hybridized carbons (Fsp3) is 1.00. The predicted octanol–water partition coefficient (Wildman–Crippen LogP) is 1.34. The van der Waals surface area contributed by atoms with E-state index in [4.69, 9.17) is 4.74 Å². The van der Waals surface area contributed by atoms with Gasteiger partial charge in [0.2, 0.25) is 0 Å². The highest BCUT2D eigenvalue weighted by molar-refractivity contribution is 4.71. The summed E-state index contributed by atoms with van der Waals surface area (Å²) in [6, 6.07) is 0.539. The number of methoxy groups -OCH3 is 1. The lowest BCUT2D eigenvalue weighted by atomic mass is 9.94. The number of hydrogen-bond donors (Lipinski definition) is 1. The lowest BCUT2D eigenvalue weighted by Gasteiger charge is -2.28. The lowest BCUT2D eigenvalue weighted by molar-refractivity contribution is 0.110. The number of piperidine rings is 1. The summed E-state index contributed by atoms with van der Waals surface area (Å²) in [5.74, 6) is 0.934. The van der Waals surface area contributed by atoms with Crippen LogP contribution in [-0.2, 0) is 4.74 Å². The molecule has 0 aromatic rings. The molecule has 1 atom stereocenters. The summed E-state index contributed by atoms with van der Waals surface area (Å²) >= 11 is 0. The molecule has 1 aliphatic rings. The first-order valence-corrected chi connectivity index (χ1v) is 6.14. The van der Waals surface area contributed by atoms with Gasteiger partial charge in [0.25, 0.3) is 0 Å². The molecule has 90 valence electrons. The van der Waals surface area contributed by atoms with Gasteiger partial charge < -0.3 is 15.0 Å². The van der Waals surface area contributed by atoms with Crippen molar-refractivity contribution in [1.82, 2.24) is 10.2 Å². The minimum atomic E-state index is 0.539.